The van der Waals surface area contributed by atoms with Crippen LogP contribution in [0.3, 0.4) is 0 Å². The van der Waals surface area contributed by atoms with Crippen LogP contribution < -0.4 is 4.74 Å². The first-order valence-electron chi connectivity index (χ1n) is 4.62. The molecule has 1 aliphatic heterocycles. The molecule has 0 saturated carbocycles. The first-order chi connectivity index (χ1) is 6.72. The fourth-order valence-electron chi connectivity index (χ4n) is 1.80. The number of rotatable bonds is 1. The lowest BCUT2D eigenvalue weighted by Gasteiger charge is -2.11. The van der Waals surface area contributed by atoms with Gasteiger partial charge in [0.15, 0.2) is 0 Å². The second-order valence-electron chi connectivity index (χ2n) is 3.47. The number of amides is 1. The van der Waals surface area contributed by atoms with Gasteiger partial charge in [0, 0.05) is 25.6 Å². The van der Waals surface area contributed by atoms with Crippen LogP contribution in [0.4, 0.5) is 0 Å². The molecule has 0 fully saturated rings. The van der Waals surface area contributed by atoms with Crippen molar-refractivity contribution >= 4 is 5.91 Å². The van der Waals surface area contributed by atoms with Crippen molar-refractivity contribution < 1.29 is 9.53 Å². The highest BCUT2D eigenvalue weighted by atomic mass is 16.5. The summed E-state index contributed by atoms with van der Waals surface area (Å²) in [6.45, 7) is 2.98. The molecule has 1 amide bonds. The summed E-state index contributed by atoms with van der Waals surface area (Å²) in [5, 5.41) is 0. The lowest BCUT2D eigenvalue weighted by Crippen LogP contribution is -2.21. The molecule has 1 aromatic rings. The Labute approximate surface area is 83.3 Å². The van der Waals surface area contributed by atoms with Gasteiger partial charge in [-0.3, -0.25) is 4.79 Å². The van der Waals surface area contributed by atoms with Crippen molar-refractivity contribution in [3.63, 3.8) is 0 Å². The molecule has 14 heavy (non-hydrogen) atoms. The van der Waals surface area contributed by atoms with Crippen molar-refractivity contribution in [3.8, 4) is 5.75 Å². The van der Waals surface area contributed by atoms with Crippen molar-refractivity contribution in [2.24, 2.45) is 0 Å². The van der Waals surface area contributed by atoms with Gasteiger partial charge in [-0.15, -0.1) is 0 Å². The maximum atomic E-state index is 11.2. The summed E-state index contributed by atoms with van der Waals surface area (Å²) in [5.74, 6) is 0.995. The molecular formula is C11H13NO2. The molecule has 0 spiro atoms. The number of methoxy groups -OCH3 is 1. The third-order valence-corrected chi connectivity index (χ3v) is 2.61. The number of benzene rings is 1. The van der Waals surface area contributed by atoms with Crippen LogP contribution >= 0.6 is 0 Å². The average Bonchev–Trinajstić information content (AvgIpc) is 2.60. The maximum absolute atomic E-state index is 11.2. The van der Waals surface area contributed by atoms with E-state index in [0.29, 0.717) is 13.1 Å². The molecule has 0 atom stereocenters. The molecule has 0 unspecified atom stereocenters. The highest BCUT2D eigenvalue weighted by molar-refractivity contribution is 5.74. The Kier molecular flexibility index (Phi) is 2.15. The highest BCUT2D eigenvalue weighted by Crippen LogP contribution is 2.30. The Morgan fingerprint density at radius 3 is 2.86 bits per heavy atom. The molecule has 0 N–H and O–H groups in total. The molecule has 2 rings (SSSR count). The van der Waals surface area contributed by atoms with Gasteiger partial charge in [-0.25, -0.2) is 0 Å². The van der Waals surface area contributed by atoms with E-state index in [9.17, 15) is 4.79 Å². The van der Waals surface area contributed by atoms with E-state index < -0.39 is 0 Å². The van der Waals surface area contributed by atoms with Gasteiger partial charge >= 0.3 is 0 Å². The second-order valence-corrected chi connectivity index (χ2v) is 3.47. The number of ether oxygens (including phenoxy) is 1. The van der Waals surface area contributed by atoms with E-state index in [0.717, 1.165) is 11.3 Å². The zero-order valence-electron chi connectivity index (χ0n) is 8.41. The number of nitrogens with zero attached hydrogens (tertiary/aromatic N) is 1. The fraction of sp³-hybridized carbons (Fsp3) is 0.364. The molecular weight excluding hydrogens is 178 g/mol. The Balaban J connectivity index is 2.34. The van der Waals surface area contributed by atoms with Gasteiger partial charge in [-0.2, -0.15) is 0 Å². The van der Waals surface area contributed by atoms with Gasteiger partial charge < -0.3 is 9.64 Å². The normalized spacial score (nSPS) is 14.0. The molecule has 0 aliphatic carbocycles. The van der Waals surface area contributed by atoms with Crippen LogP contribution in [0.15, 0.2) is 18.2 Å². The van der Waals surface area contributed by atoms with E-state index in [1.54, 1.807) is 14.0 Å². The van der Waals surface area contributed by atoms with Gasteiger partial charge in [0.05, 0.1) is 7.11 Å². The molecule has 1 heterocycles. The monoisotopic (exact) mass is 191 g/mol. The van der Waals surface area contributed by atoms with Crippen LogP contribution in [-0.2, 0) is 17.9 Å². The lowest BCUT2D eigenvalue weighted by atomic mass is 10.1. The molecule has 3 nitrogen and oxygen atoms in total. The van der Waals surface area contributed by atoms with Crippen molar-refractivity contribution in [3.05, 3.63) is 29.3 Å². The van der Waals surface area contributed by atoms with Crippen molar-refractivity contribution in [2.45, 2.75) is 20.0 Å². The first kappa shape index (κ1) is 9.06. The first-order valence-corrected chi connectivity index (χ1v) is 4.62. The third kappa shape index (κ3) is 1.35. The summed E-state index contributed by atoms with van der Waals surface area (Å²) in [5.41, 5.74) is 2.34. The Morgan fingerprint density at radius 1 is 1.43 bits per heavy atom. The third-order valence-electron chi connectivity index (χ3n) is 2.61. The average molecular weight is 191 g/mol. The zero-order valence-corrected chi connectivity index (χ0v) is 8.41. The number of fused-ring (bicyclic) bond motifs is 1. The van der Waals surface area contributed by atoms with E-state index in [2.05, 4.69) is 0 Å². The van der Waals surface area contributed by atoms with Crippen LogP contribution in [0.1, 0.15) is 18.1 Å². The molecule has 74 valence electrons. The standard InChI is InChI=1S/C11H13NO2/c1-8(13)12-6-9-4-3-5-11(14-2)10(9)7-12/h3-5H,6-7H2,1-2H3. The van der Waals surface area contributed by atoms with Crippen LogP contribution in [0.2, 0.25) is 0 Å². The Hall–Kier alpha value is -1.51. The van der Waals surface area contributed by atoms with Crippen LogP contribution in [0.25, 0.3) is 0 Å². The largest absolute Gasteiger partial charge is 0.496 e. The van der Waals surface area contributed by atoms with E-state index in [1.807, 2.05) is 23.1 Å². The Bertz CT molecular complexity index is 374. The van der Waals surface area contributed by atoms with Gasteiger partial charge in [0.25, 0.3) is 0 Å². The number of hydrogen-bond donors (Lipinski definition) is 0. The second kappa shape index (κ2) is 3.33. The molecule has 3 heteroatoms. The molecule has 0 bridgehead atoms. The summed E-state index contributed by atoms with van der Waals surface area (Å²) in [6, 6.07) is 5.94. The topological polar surface area (TPSA) is 29.5 Å². The number of carbonyl (C=O) groups excluding carboxylic acids is 1. The lowest BCUT2D eigenvalue weighted by molar-refractivity contribution is -0.129. The maximum Gasteiger partial charge on any atom is 0.220 e. The van der Waals surface area contributed by atoms with Gasteiger partial charge in [0.2, 0.25) is 5.91 Å². The van der Waals surface area contributed by atoms with Gasteiger partial charge in [-0.05, 0) is 11.6 Å². The van der Waals surface area contributed by atoms with E-state index >= 15 is 0 Å². The minimum Gasteiger partial charge on any atom is -0.496 e. The highest BCUT2D eigenvalue weighted by Gasteiger charge is 2.23. The van der Waals surface area contributed by atoms with Crippen LogP contribution in [-0.4, -0.2) is 17.9 Å². The molecule has 0 saturated heterocycles. The van der Waals surface area contributed by atoms with Crippen molar-refractivity contribution in [1.82, 2.24) is 4.90 Å². The van der Waals surface area contributed by atoms with E-state index in [1.165, 1.54) is 5.56 Å². The Morgan fingerprint density at radius 2 is 2.21 bits per heavy atom. The summed E-state index contributed by atoms with van der Waals surface area (Å²) < 4.78 is 5.25. The zero-order chi connectivity index (χ0) is 10.1. The molecule has 1 aromatic carbocycles. The smallest absolute Gasteiger partial charge is 0.220 e. The van der Waals surface area contributed by atoms with Crippen LogP contribution in [0, 0.1) is 0 Å². The predicted molar refractivity (Wildman–Crippen MR) is 52.9 cm³/mol. The van der Waals surface area contributed by atoms with Crippen LogP contribution in [0.5, 0.6) is 5.75 Å². The quantitative estimate of drug-likeness (QED) is 0.674. The summed E-state index contributed by atoms with van der Waals surface area (Å²) in [7, 11) is 1.66. The SMILES string of the molecule is COc1cccc2c1CN(C(C)=O)C2. The molecule has 1 aliphatic rings. The molecule has 0 aromatic heterocycles. The van der Waals surface area contributed by atoms with Crippen molar-refractivity contribution in [2.75, 3.05) is 7.11 Å². The minimum atomic E-state index is 0.114. The predicted octanol–water partition coefficient (Wildman–Crippen LogP) is 1.56. The van der Waals surface area contributed by atoms with E-state index in [4.69, 9.17) is 4.74 Å². The van der Waals surface area contributed by atoms with Gasteiger partial charge in [0.1, 0.15) is 5.75 Å². The van der Waals surface area contributed by atoms with Gasteiger partial charge in [-0.1, -0.05) is 12.1 Å². The summed E-state index contributed by atoms with van der Waals surface area (Å²) >= 11 is 0. The minimum absolute atomic E-state index is 0.114. The molecule has 0 radical (unpaired) electrons. The van der Waals surface area contributed by atoms with Crippen molar-refractivity contribution in [1.29, 1.82) is 0 Å². The fourth-order valence-corrected chi connectivity index (χ4v) is 1.80. The number of hydrogen-bond acceptors (Lipinski definition) is 2. The summed E-state index contributed by atoms with van der Waals surface area (Å²) in [4.78, 5) is 13.0. The number of carbonyl (C=O) groups is 1. The summed E-state index contributed by atoms with van der Waals surface area (Å²) in [6.07, 6.45) is 0. The van der Waals surface area contributed by atoms with E-state index in [-0.39, 0.29) is 5.91 Å².